The van der Waals surface area contributed by atoms with Gasteiger partial charge in [-0.3, -0.25) is 10.1 Å². The molecule has 2 aromatic carbocycles. The topological polar surface area (TPSA) is 51.2 Å². The van der Waals surface area contributed by atoms with Crippen LogP contribution >= 0.6 is 22.9 Å². The molecular weight excluding hydrogens is 380 g/mol. The second-order valence-electron chi connectivity index (χ2n) is 6.16. The van der Waals surface area contributed by atoms with Crippen molar-refractivity contribution < 1.29 is 9.53 Å². The molecular formula is C21H21ClN2O2S. The summed E-state index contributed by atoms with van der Waals surface area (Å²) in [4.78, 5) is 17.7. The van der Waals surface area contributed by atoms with Crippen molar-refractivity contribution in [1.29, 1.82) is 0 Å². The maximum atomic E-state index is 12.2. The van der Waals surface area contributed by atoms with E-state index in [1.54, 1.807) is 0 Å². The first-order valence-corrected chi connectivity index (χ1v) is 9.99. The number of amides is 1. The predicted octanol–water partition coefficient (Wildman–Crippen LogP) is 5.74. The van der Waals surface area contributed by atoms with Gasteiger partial charge in [-0.1, -0.05) is 49.2 Å². The number of nitrogens with zero attached hydrogens (tertiary/aromatic N) is 1. The number of rotatable bonds is 7. The highest BCUT2D eigenvalue weighted by molar-refractivity contribution is 7.16. The summed E-state index contributed by atoms with van der Waals surface area (Å²) in [5.41, 5.74) is 3.02. The molecule has 0 unspecified atom stereocenters. The minimum atomic E-state index is -0.237. The Morgan fingerprint density at radius 3 is 2.70 bits per heavy atom. The van der Waals surface area contributed by atoms with Gasteiger partial charge in [0.2, 0.25) is 0 Å². The average molecular weight is 401 g/mol. The first-order chi connectivity index (χ1) is 13.0. The number of thiazole rings is 1. The van der Waals surface area contributed by atoms with Crippen molar-refractivity contribution in [3.8, 4) is 17.0 Å². The molecule has 0 bridgehead atoms. The maximum absolute atomic E-state index is 12.2. The highest BCUT2D eigenvalue weighted by Gasteiger charge is 2.13. The van der Waals surface area contributed by atoms with E-state index in [1.165, 1.54) is 16.9 Å². The SMILES string of the molecule is CCCc1ccc(OCC(=O)Nc2nc(-c3cccc(Cl)c3)c(C)s2)cc1. The molecule has 0 saturated heterocycles. The zero-order valence-corrected chi connectivity index (χ0v) is 16.9. The molecule has 140 valence electrons. The Morgan fingerprint density at radius 2 is 2.00 bits per heavy atom. The molecule has 0 aliphatic carbocycles. The van der Waals surface area contributed by atoms with Gasteiger partial charge >= 0.3 is 0 Å². The standard InChI is InChI=1S/C21H21ClN2O2S/c1-3-5-15-8-10-18(11-9-15)26-13-19(25)23-21-24-20(14(2)27-21)16-6-4-7-17(22)12-16/h4,6-12H,3,5,13H2,1-2H3,(H,23,24,25). The average Bonchev–Trinajstić information content (AvgIpc) is 3.01. The fourth-order valence-corrected chi connectivity index (χ4v) is 3.74. The van der Waals surface area contributed by atoms with E-state index in [9.17, 15) is 4.79 Å². The van der Waals surface area contributed by atoms with Gasteiger partial charge < -0.3 is 4.74 Å². The molecule has 0 aliphatic rings. The number of nitrogens with one attached hydrogen (secondary N) is 1. The van der Waals surface area contributed by atoms with Crippen LogP contribution in [-0.4, -0.2) is 17.5 Å². The molecule has 0 aliphatic heterocycles. The van der Waals surface area contributed by atoms with Gasteiger partial charge in [0, 0.05) is 15.5 Å². The van der Waals surface area contributed by atoms with E-state index >= 15 is 0 Å². The van der Waals surface area contributed by atoms with E-state index in [1.807, 2.05) is 55.5 Å². The van der Waals surface area contributed by atoms with Crippen LogP contribution in [0.1, 0.15) is 23.8 Å². The third-order valence-electron chi connectivity index (χ3n) is 3.97. The fraction of sp³-hybridized carbons (Fsp3) is 0.238. The lowest BCUT2D eigenvalue weighted by atomic mass is 10.1. The van der Waals surface area contributed by atoms with E-state index < -0.39 is 0 Å². The van der Waals surface area contributed by atoms with Crippen molar-refractivity contribution in [3.63, 3.8) is 0 Å². The van der Waals surface area contributed by atoms with Crippen LogP contribution in [-0.2, 0) is 11.2 Å². The van der Waals surface area contributed by atoms with Crippen molar-refractivity contribution in [1.82, 2.24) is 4.98 Å². The van der Waals surface area contributed by atoms with Crippen LogP contribution in [0.2, 0.25) is 5.02 Å². The monoisotopic (exact) mass is 400 g/mol. The third kappa shape index (κ3) is 5.31. The number of aryl methyl sites for hydroxylation is 2. The second kappa shape index (κ2) is 9.02. The Morgan fingerprint density at radius 1 is 1.22 bits per heavy atom. The highest BCUT2D eigenvalue weighted by Crippen LogP contribution is 2.31. The number of hydrogen-bond acceptors (Lipinski definition) is 4. The number of carbonyl (C=O) groups excluding carboxylic acids is 1. The summed E-state index contributed by atoms with van der Waals surface area (Å²) in [5, 5.41) is 4.01. The van der Waals surface area contributed by atoms with Gasteiger partial charge in [0.1, 0.15) is 5.75 Å². The molecule has 6 heteroatoms. The number of ether oxygens (including phenoxy) is 1. The molecule has 0 radical (unpaired) electrons. The molecule has 4 nitrogen and oxygen atoms in total. The third-order valence-corrected chi connectivity index (χ3v) is 5.09. The van der Waals surface area contributed by atoms with Crippen molar-refractivity contribution in [3.05, 3.63) is 64.0 Å². The normalized spacial score (nSPS) is 10.6. The van der Waals surface area contributed by atoms with Crippen molar-refractivity contribution in [2.24, 2.45) is 0 Å². The lowest BCUT2D eigenvalue weighted by molar-refractivity contribution is -0.118. The van der Waals surface area contributed by atoms with Gasteiger partial charge in [0.15, 0.2) is 11.7 Å². The van der Waals surface area contributed by atoms with Gasteiger partial charge in [0.05, 0.1) is 5.69 Å². The van der Waals surface area contributed by atoms with Gasteiger partial charge in [-0.05, 0) is 43.2 Å². The van der Waals surface area contributed by atoms with Crippen LogP contribution in [0, 0.1) is 6.92 Å². The molecule has 3 rings (SSSR count). The van der Waals surface area contributed by atoms with E-state index in [4.69, 9.17) is 16.3 Å². The number of benzene rings is 2. The molecule has 1 aromatic heterocycles. The Balaban J connectivity index is 1.59. The smallest absolute Gasteiger partial charge is 0.264 e. The first-order valence-electron chi connectivity index (χ1n) is 8.80. The fourth-order valence-electron chi connectivity index (χ4n) is 2.70. The van der Waals surface area contributed by atoms with E-state index in [0.29, 0.717) is 15.9 Å². The van der Waals surface area contributed by atoms with Crippen molar-refractivity contribution in [2.75, 3.05) is 11.9 Å². The molecule has 1 N–H and O–H groups in total. The van der Waals surface area contributed by atoms with E-state index in [0.717, 1.165) is 29.0 Å². The van der Waals surface area contributed by atoms with E-state index in [2.05, 4.69) is 17.2 Å². The van der Waals surface area contributed by atoms with Crippen molar-refractivity contribution in [2.45, 2.75) is 26.7 Å². The summed E-state index contributed by atoms with van der Waals surface area (Å²) in [6.45, 7) is 4.06. The summed E-state index contributed by atoms with van der Waals surface area (Å²) in [5.74, 6) is 0.443. The summed E-state index contributed by atoms with van der Waals surface area (Å²) in [6, 6.07) is 15.4. The largest absolute Gasteiger partial charge is 0.484 e. The van der Waals surface area contributed by atoms with Crippen LogP contribution in [0.4, 0.5) is 5.13 Å². The summed E-state index contributed by atoms with van der Waals surface area (Å²) in [6.07, 6.45) is 2.14. The van der Waals surface area contributed by atoms with Crippen molar-refractivity contribution >= 4 is 34.0 Å². The number of anilines is 1. The van der Waals surface area contributed by atoms with Crippen LogP contribution in [0.25, 0.3) is 11.3 Å². The van der Waals surface area contributed by atoms with Gasteiger partial charge in [0.25, 0.3) is 5.91 Å². The highest BCUT2D eigenvalue weighted by atomic mass is 35.5. The molecule has 1 heterocycles. The first kappa shape index (κ1) is 19.4. The van der Waals surface area contributed by atoms with Gasteiger partial charge in [-0.15, -0.1) is 11.3 Å². The molecule has 0 fully saturated rings. The number of aromatic nitrogens is 1. The number of carbonyl (C=O) groups is 1. The van der Waals surface area contributed by atoms with Crippen LogP contribution in [0.15, 0.2) is 48.5 Å². The van der Waals surface area contributed by atoms with Crippen LogP contribution < -0.4 is 10.1 Å². The van der Waals surface area contributed by atoms with E-state index in [-0.39, 0.29) is 12.5 Å². The lowest BCUT2D eigenvalue weighted by Crippen LogP contribution is -2.20. The summed E-state index contributed by atoms with van der Waals surface area (Å²) >= 11 is 7.49. The Labute approximate surface area is 168 Å². The minimum Gasteiger partial charge on any atom is -0.484 e. The molecule has 0 spiro atoms. The second-order valence-corrected chi connectivity index (χ2v) is 7.80. The number of halogens is 1. The molecule has 0 atom stereocenters. The minimum absolute atomic E-state index is 0.0573. The van der Waals surface area contributed by atoms with Gasteiger partial charge in [-0.25, -0.2) is 4.98 Å². The molecule has 27 heavy (non-hydrogen) atoms. The zero-order chi connectivity index (χ0) is 19.2. The Bertz CT molecular complexity index is 922. The number of hydrogen-bond donors (Lipinski definition) is 1. The summed E-state index contributed by atoms with van der Waals surface area (Å²) < 4.78 is 5.56. The summed E-state index contributed by atoms with van der Waals surface area (Å²) in [7, 11) is 0. The maximum Gasteiger partial charge on any atom is 0.264 e. The quantitative estimate of drug-likeness (QED) is 0.550. The lowest BCUT2D eigenvalue weighted by Gasteiger charge is -2.06. The molecule has 3 aromatic rings. The van der Waals surface area contributed by atoms with Crippen LogP contribution in [0.5, 0.6) is 5.75 Å². The molecule has 1 amide bonds. The van der Waals surface area contributed by atoms with Crippen LogP contribution in [0.3, 0.4) is 0 Å². The Kier molecular flexibility index (Phi) is 6.48. The van der Waals surface area contributed by atoms with Gasteiger partial charge in [-0.2, -0.15) is 0 Å². The molecule has 0 saturated carbocycles. The zero-order valence-electron chi connectivity index (χ0n) is 15.3. The predicted molar refractivity (Wildman–Crippen MR) is 112 cm³/mol. The Hall–Kier alpha value is -2.37.